The summed E-state index contributed by atoms with van der Waals surface area (Å²) in [6.07, 6.45) is -59.1. The molecule has 0 bridgehead atoms. The van der Waals surface area contributed by atoms with E-state index in [-0.39, 0.29) is 6.42 Å². The van der Waals surface area contributed by atoms with Gasteiger partial charge in [-0.2, -0.15) is 0 Å². The van der Waals surface area contributed by atoms with Crippen molar-refractivity contribution in [3.63, 3.8) is 0 Å². The maximum absolute atomic E-state index is 12.7. The first-order chi connectivity index (χ1) is 38.2. The number of amides is 2. The lowest BCUT2D eigenvalue weighted by Crippen LogP contribution is -2.67. The van der Waals surface area contributed by atoms with Crippen LogP contribution >= 0.6 is 7.82 Å². The van der Waals surface area contributed by atoms with Gasteiger partial charge in [0.05, 0.1) is 39.1 Å². The summed E-state index contributed by atoms with van der Waals surface area (Å²) in [7, 11) is -5.23. The number of aliphatic hydroxyl groups excluding tert-OH is 17. The van der Waals surface area contributed by atoms with Gasteiger partial charge in [-0.1, -0.05) is 6.92 Å². The first-order valence-corrected chi connectivity index (χ1v) is 26.5. The summed E-state index contributed by atoms with van der Waals surface area (Å²) in [6.45, 7) is -5.20. The highest BCUT2D eigenvalue weighted by atomic mass is 31.2. The Morgan fingerprint density at radius 1 is 0.420 bits per heavy atom. The third kappa shape index (κ3) is 16.5. The second-order valence-corrected chi connectivity index (χ2v) is 20.6. The van der Waals surface area contributed by atoms with Crippen LogP contribution in [0.5, 0.6) is 0 Å². The predicted molar refractivity (Wildman–Crippen MR) is 243 cm³/mol. The van der Waals surface area contributed by atoms with Crippen molar-refractivity contribution in [2.24, 2.45) is 5.90 Å². The van der Waals surface area contributed by atoms with Crippen molar-refractivity contribution < 1.29 is 177 Å². The van der Waals surface area contributed by atoms with Gasteiger partial charge < -0.3 is 153 Å². The van der Waals surface area contributed by atoms with Gasteiger partial charge in [0.2, 0.25) is 0 Å². The molecule has 0 aliphatic carbocycles. The summed E-state index contributed by atoms with van der Waals surface area (Å²) in [5, 5.41) is 184. The van der Waals surface area contributed by atoms with E-state index in [1.54, 1.807) is 6.92 Å². The maximum Gasteiger partial charge on any atom is 0.469 e. The quantitative estimate of drug-likeness (QED) is 0.0334. The zero-order valence-corrected chi connectivity index (χ0v) is 43.3. The Morgan fingerprint density at radius 2 is 0.790 bits per heavy atom. The van der Waals surface area contributed by atoms with Gasteiger partial charge in [0.15, 0.2) is 37.7 Å². The molecule has 472 valence electrons. The Kier molecular flexibility index (Phi) is 25.1. The van der Waals surface area contributed by atoms with E-state index in [4.69, 9.17) is 62.7 Å². The van der Waals surface area contributed by atoms with Gasteiger partial charge in [0.1, 0.15) is 154 Å². The minimum atomic E-state index is -5.23. The molecular weight excluding hydrogens is 1140 g/mol. The fourth-order valence-corrected chi connectivity index (χ4v) is 9.51. The van der Waals surface area contributed by atoms with Crippen LogP contribution in [0.3, 0.4) is 0 Å². The molecule has 6 aliphatic rings. The predicted octanol–water partition coefficient (Wildman–Crippen LogP) is -14.5. The van der Waals surface area contributed by atoms with Crippen LogP contribution in [0.1, 0.15) is 13.3 Å². The van der Waals surface area contributed by atoms with Crippen molar-refractivity contribution in [3.8, 4) is 0 Å². The van der Waals surface area contributed by atoms with Crippen molar-refractivity contribution in [1.82, 2.24) is 10.9 Å². The molecule has 0 aromatic carbocycles. The molecule has 40 heteroatoms. The molecule has 23 N–H and O–H groups in total. The second kappa shape index (κ2) is 29.9. The van der Waals surface area contributed by atoms with Crippen LogP contribution in [-0.2, 0) is 80.4 Å². The number of phosphoric acid groups is 1. The standard InChI is InChI=1S/C41H72N3O36P/c1-2-10-18(49)24(55)30(61)38(72-10)79-34-27(58)19(50)11(3-45)73-40(34)68-5-13-21(52)25(56)29(60)36(75-13)67-6-14-23(54)33(32(63)37(76-14)69-8-16(47)43-44-17(48)9-70-42)78-41-35(28(59)20(51)12(4-46)74-41)80-39-31(62)26(57)22(53)15(77-39)7-71-81(64,65)66/h10-15,18-41,45-46,49-63H,2-9,42H2,1H3,(H,43,47)(H,44,48)(H2,64,65,66)/t10?,11?,12?,13?,14?,15?,18-,19-,20-,21-,22-,23-,24-,25-,26-,27-,28-,29?,30?,31?,32?,33-,34?,35?,36+,37+,38-,39-,40+,41-/m0/s1. The normalized spacial score (nSPS) is 46.2. The first-order valence-electron chi connectivity index (χ1n) is 24.9. The number of hydrogen-bond acceptors (Lipinski definition) is 35. The van der Waals surface area contributed by atoms with E-state index in [1.165, 1.54) is 0 Å². The molecule has 0 spiro atoms. The third-order valence-electron chi connectivity index (χ3n) is 13.8. The number of rotatable bonds is 23. The van der Waals surface area contributed by atoms with Crippen LogP contribution in [0, 0.1) is 0 Å². The van der Waals surface area contributed by atoms with Gasteiger partial charge in [-0.15, -0.1) is 0 Å². The van der Waals surface area contributed by atoms with E-state index in [1.807, 2.05) is 10.9 Å². The number of carbonyl (C=O) groups excluding carboxylic acids is 2. The van der Waals surface area contributed by atoms with Gasteiger partial charge in [0.25, 0.3) is 11.8 Å². The van der Waals surface area contributed by atoms with Gasteiger partial charge in [0, 0.05) is 0 Å². The number of ether oxygens (including phenoxy) is 12. The molecule has 0 saturated carbocycles. The van der Waals surface area contributed by atoms with Crippen molar-refractivity contribution >= 4 is 19.6 Å². The molecule has 6 aliphatic heterocycles. The van der Waals surface area contributed by atoms with E-state index in [0.29, 0.717) is 0 Å². The van der Waals surface area contributed by atoms with Gasteiger partial charge in [-0.25, -0.2) is 10.5 Å². The van der Waals surface area contributed by atoms with E-state index in [0.717, 1.165) is 0 Å². The van der Waals surface area contributed by atoms with Crippen molar-refractivity contribution in [2.45, 2.75) is 198 Å². The fraction of sp³-hybridized carbons (Fsp3) is 0.951. The largest absolute Gasteiger partial charge is 0.469 e. The molecule has 0 aromatic rings. The monoisotopic (exact) mass is 1210 g/mol. The van der Waals surface area contributed by atoms with Crippen LogP contribution < -0.4 is 16.7 Å². The minimum absolute atomic E-state index is 0.104. The van der Waals surface area contributed by atoms with Crippen LogP contribution in [0.25, 0.3) is 0 Å². The van der Waals surface area contributed by atoms with Crippen LogP contribution in [0.4, 0.5) is 0 Å². The summed E-state index contributed by atoms with van der Waals surface area (Å²) in [6, 6.07) is 0. The van der Waals surface area contributed by atoms with E-state index in [9.17, 15) is 111 Å². The molecule has 0 aromatic heterocycles. The second-order valence-electron chi connectivity index (χ2n) is 19.4. The molecule has 6 rings (SSSR count). The topological polar surface area (TPSA) is 615 Å². The summed E-state index contributed by atoms with van der Waals surface area (Å²) >= 11 is 0. The number of nitrogens with one attached hydrogen (secondary N) is 2. The first kappa shape index (κ1) is 67.9. The molecule has 6 fully saturated rings. The maximum atomic E-state index is 12.7. The summed E-state index contributed by atoms with van der Waals surface area (Å²) in [5.41, 5.74) is 3.83. The number of hydrazine groups is 1. The van der Waals surface area contributed by atoms with Crippen LogP contribution in [0.2, 0.25) is 0 Å². The third-order valence-corrected chi connectivity index (χ3v) is 14.2. The Bertz CT molecular complexity index is 2010. The zero-order valence-electron chi connectivity index (χ0n) is 42.4. The van der Waals surface area contributed by atoms with Crippen molar-refractivity contribution in [1.29, 1.82) is 0 Å². The molecule has 81 heavy (non-hydrogen) atoms. The zero-order chi connectivity index (χ0) is 59.9. The van der Waals surface area contributed by atoms with E-state index < -0.39 is 250 Å². The average molecular weight is 1210 g/mol. The van der Waals surface area contributed by atoms with Crippen molar-refractivity contribution in [3.05, 3.63) is 0 Å². The van der Waals surface area contributed by atoms with Crippen LogP contribution in [-0.4, -0.2) is 339 Å². The molecule has 6 saturated heterocycles. The highest BCUT2D eigenvalue weighted by molar-refractivity contribution is 7.46. The SMILES string of the molecule is CCC1O[C@@H](OC2[C@H](OCC3O[C@@H](OCC4O[C@@H](OCC(=O)NNC(=O)CON)C(O)[C@@H](O[C@@H]5OC(CO)[C@H](O)[C@H](O)C5O[C@@H]5OC(COP(=O)(O)O)[C@H](O)[C@H](O)C5O)[C@H]4O)C(O)[C@@H](O)[C@H]3O)OC(CO)[C@H](O)[C@@H]2O)C(O)[C@@H](O)[C@H]1O. The number of phosphoric ester groups is 1. The number of nitrogens with two attached hydrogens (primary N) is 1. The lowest BCUT2D eigenvalue weighted by molar-refractivity contribution is -0.390. The van der Waals surface area contributed by atoms with Crippen molar-refractivity contribution in [2.75, 3.05) is 46.2 Å². The summed E-state index contributed by atoms with van der Waals surface area (Å²) < 4.78 is 83.6. The van der Waals surface area contributed by atoms with Crippen LogP contribution in [0.15, 0.2) is 0 Å². The Hall–Kier alpha value is -2.19. The van der Waals surface area contributed by atoms with E-state index in [2.05, 4.69) is 9.36 Å². The highest BCUT2D eigenvalue weighted by Gasteiger charge is 2.56. The smallest absolute Gasteiger partial charge is 0.394 e. The number of aliphatic hydroxyl groups is 17. The summed E-state index contributed by atoms with van der Waals surface area (Å²) in [4.78, 5) is 47.0. The molecular formula is C41H72N3O36P. The Labute approximate surface area is 456 Å². The Balaban J connectivity index is 1.21. The van der Waals surface area contributed by atoms with Gasteiger partial charge in [-0.05, 0) is 6.42 Å². The molecule has 30 atom stereocenters. The van der Waals surface area contributed by atoms with Gasteiger partial charge >= 0.3 is 7.82 Å². The average Bonchev–Trinajstić information content (AvgIpc) is 3.57. The Morgan fingerprint density at radius 3 is 1.28 bits per heavy atom. The molecule has 0 radical (unpaired) electrons. The van der Waals surface area contributed by atoms with E-state index >= 15 is 0 Å². The lowest BCUT2D eigenvalue weighted by atomic mass is 9.96. The number of carbonyl (C=O) groups is 2. The highest BCUT2D eigenvalue weighted by Crippen LogP contribution is 2.39. The molecule has 39 nitrogen and oxygen atoms in total. The fourth-order valence-electron chi connectivity index (χ4n) is 9.17. The number of hydrogen-bond donors (Lipinski definition) is 22. The minimum Gasteiger partial charge on any atom is -0.394 e. The van der Waals surface area contributed by atoms with Gasteiger partial charge in [-0.3, -0.25) is 29.8 Å². The molecule has 12 unspecified atom stereocenters. The molecule has 6 heterocycles. The molecule has 2 amide bonds. The summed E-state index contributed by atoms with van der Waals surface area (Å²) in [5.74, 6) is 2.77. The lowest BCUT2D eigenvalue weighted by Gasteiger charge is -2.48.